The maximum Gasteiger partial charge on any atom is 0.220 e. The van der Waals surface area contributed by atoms with Gasteiger partial charge in [0.05, 0.1) is 12.7 Å². The smallest absolute Gasteiger partial charge is 0.220 e. The summed E-state index contributed by atoms with van der Waals surface area (Å²) < 4.78 is 10.9. The molecule has 0 aromatic carbocycles. The molecule has 0 radical (unpaired) electrons. The molecule has 0 saturated carbocycles. The summed E-state index contributed by atoms with van der Waals surface area (Å²) in [4.78, 5) is 8.34. The third-order valence-corrected chi connectivity index (χ3v) is 2.11. The first-order valence-corrected chi connectivity index (χ1v) is 5.14. The molecule has 0 aliphatic carbocycles. The lowest BCUT2D eigenvalue weighted by Gasteiger charge is -2.27. The van der Waals surface area contributed by atoms with Crippen LogP contribution in [0, 0.1) is 6.92 Å². The van der Waals surface area contributed by atoms with Gasteiger partial charge in [-0.25, -0.2) is 0 Å². The zero-order chi connectivity index (χ0) is 10.7. The van der Waals surface area contributed by atoms with E-state index in [0.717, 1.165) is 13.1 Å². The van der Waals surface area contributed by atoms with Crippen LogP contribution in [0.25, 0.3) is 0 Å². The van der Waals surface area contributed by atoms with Gasteiger partial charge in [-0.05, 0) is 13.8 Å². The zero-order valence-electron chi connectivity index (χ0n) is 8.99. The Morgan fingerprint density at radius 1 is 1.40 bits per heavy atom. The Hall–Kier alpha value is -1.36. The van der Waals surface area contributed by atoms with Crippen LogP contribution in [0.4, 0.5) is 0 Å². The molecule has 0 spiro atoms. The van der Waals surface area contributed by atoms with Gasteiger partial charge in [-0.2, -0.15) is 9.97 Å². The van der Waals surface area contributed by atoms with Gasteiger partial charge in [-0.1, -0.05) is 0 Å². The van der Waals surface area contributed by atoms with Gasteiger partial charge in [-0.3, -0.25) is 0 Å². The lowest BCUT2D eigenvalue weighted by Crippen LogP contribution is -2.50. The van der Waals surface area contributed by atoms with Crippen molar-refractivity contribution in [3.63, 3.8) is 0 Å². The molecule has 1 aliphatic heterocycles. The molecule has 0 amide bonds. The monoisotopic (exact) mass is 209 g/mol. The molecule has 1 aromatic rings. The molecule has 0 unspecified atom stereocenters. The molecule has 1 fully saturated rings. The van der Waals surface area contributed by atoms with E-state index in [0.29, 0.717) is 24.2 Å². The topological polar surface area (TPSA) is 56.3 Å². The van der Waals surface area contributed by atoms with E-state index in [2.05, 4.69) is 15.3 Å². The van der Waals surface area contributed by atoms with Crippen LogP contribution in [0.1, 0.15) is 12.7 Å². The van der Waals surface area contributed by atoms with Crippen molar-refractivity contribution in [2.45, 2.75) is 20.0 Å². The number of aryl methyl sites for hydroxylation is 1. The average molecular weight is 209 g/mol. The summed E-state index contributed by atoms with van der Waals surface area (Å²) in [6.45, 7) is 6.11. The van der Waals surface area contributed by atoms with Crippen molar-refractivity contribution in [2.24, 2.45) is 0 Å². The number of hydrogen-bond donors (Lipinski definition) is 1. The van der Waals surface area contributed by atoms with Crippen molar-refractivity contribution in [1.29, 1.82) is 0 Å². The molecule has 5 nitrogen and oxygen atoms in total. The minimum atomic E-state index is 0.230. The highest BCUT2D eigenvalue weighted by molar-refractivity contribution is 5.21. The fourth-order valence-electron chi connectivity index (χ4n) is 1.31. The maximum atomic E-state index is 5.62. The van der Waals surface area contributed by atoms with Crippen LogP contribution in [-0.4, -0.2) is 35.8 Å². The summed E-state index contributed by atoms with van der Waals surface area (Å²) in [5.74, 6) is 1.84. The highest BCUT2D eigenvalue weighted by Crippen LogP contribution is 2.17. The van der Waals surface area contributed by atoms with Crippen LogP contribution < -0.4 is 14.8 Å². The van der Waals surface area contributed by atoms with Crippen LogP contribution in [0.3, 0.4) is 0 Å². The van der Waals surface area contributed by atoms with E-state index in [9.17, 15) is 0 Å². The van der Waals surface area contributed by atoms with Gasteiger partial charge in [-0.15, -0.1) is 0 Å². The number of rotatable bonds is 4. The first kappa shape index (κ1) is 10.2. The fourth-order valence-corrected chi connectivity index (χ4v) is 1.31. The Labute approximate surface area is 88.8 Å². The van der Waals surface area contributed by atoms with E-state index in [4.69, 9.17) is 9.47 Å². The van der Waals surface area contributed by atoms with E-state index in [1.54, 1.807) is 6.07 Å². The molecule has 1 saturated heterocycles. The highest BCUT2D eigenvalue weighted by atomic mass is 16.5. The Morgan fingerprint density at radius 2 is 2.13 bits per heavy atom. The van der Waals surface area contributed by atoms with Gasteiger partial charge in [0.2, 0.25) is 11.8 Å². The average Bonchev–Trinajstić information content (AvgIpc) is 2.11. The standard InChI is InChI=1S/C10H15N3O2/c1-3-14-9-4-10(13-7(2)12-9)15-8-5-11-6-8/h4,8,11H,3,5-6H2,1-2H3. The third-order valence-electron chi connectivity index (χ3n) is 2.11. The van der Waals surface area contributed by atoms with Crippen LogP contribution in [-0.2, 0) is 0 Å². The quantitative estimate of drug-likeness (QED) is 0.784. The van der Waals surface area contributed by atoms with E-state index in [-0.39, 0.29) is 6.10 Å². The third kappa shape index (κ3) is 2.56. The SMILES string of the molecule is CCOc1cc(OC2CNC2)nc(C)n1. The van der Waals surface area contributed by atoms with Gasteiger partial charge < -0.3 is 14.8 Å². The number of ether oxygens (including phenoxy) is 2. The molecule has 2 heterocycles. The van der Waals surface area contributed by atoms with Crippen molar-refractivity contribution in [2.75, 3.05) is 19.7 Å². The molecule has 1 N–H and O–H groups in total. The van der Waals surface area contributed by atoms with Gasteiger partial charge >= 0.3 is 0 Å². The summed E-state index contributed by atoms with van der Waals surface area (Å²) in [7, 11) is 0. The van der Waals surface area contributed by atoms with Crippen molar-refractivity contribution in [3.05, 3.63) is 11.9 Å². The molecule has 0 bridgehead atoms. The Morgan fingerprint density at radius 3 is 2.73 bits per heavy atom. The predicted octanol–water partition coefficient (Wildman–Crippen LogP) is 0.534. The van der Waals surface area contributed by atoms with Crippen molar-refractivity contribution in [1.82, 2.24) is 15.3 Å². The number of nitrogens with zero attached hydrogens (tertiary/aromatic N) is 2. The summed E-state index contributed by atoms with van der Waals surface area (Å²) in [6.07, 6.45) is 0.230. The molecule has 1 aromatic heterocycles. The summed E-state index contributed by atoms with van der Waals surface area (Å²) in [6, 6.07) is 1.73. The van der Waals surface area contributed by atoms with Crippen LogP contribution >= 0.6 is 0 Å². The molecule has 1 aliphatic rings. The highest BCUT2D eigenvalue weighted by Gasteiger charge is 2.19. The van der Waals surface area contributed by atoms with Crippen LogP contribution in [0.2, 0.25) is 0 Å². The van der Waals surface area contributed by atoms with Gasteiger partial charge in [0.25, 0.3) is 0 Å². The van der Waals surface area contributed by atoms with Crippen molar-refractivity contribution < 1.29 is 9.47 Å². The molecule has 15 heavy (non-hydrogen) atoms. The number of nitrogens with one attached hydrogen (secondary N) is 1. The van der Waals surface area contributed by atoms with Gasteiger partial charge in [0.15, 0.2) is 0 Å². The molecule has 5 heteroatoms. The maximum absolute atomic E-state index is 5.62. The zero-order valence-corrected chi connectivity index (χ0v) is 8.99. The second kappa shape index (κ2) is 4.44. The van der Waals surface area contributed by atoms with E-state index in [1.165, 1.54) is 0 Å². The summed E-state index contributed by atoms with van der Waals surface area (Å²) in [5.41, 5.74) is 0. The Bertz CT molecular complexity index is 339. The minimum absolute atomic E-state index is 0.230. The normalized spacial score (nSPS) is 15.9. The lowest BCUT2D eigenvalue weighted by atomic mass is 10.2. The minimum Gasteiger partial charge on any atom is -0.478 e. The summed E-state index contributed by atoms with van der Waals surface area (Å²) in [5, 5.41) is 3.14. The second-order valence-corrected chi connectivity index (χ2v) is 3.42. The summed E-state index contributed by atoms with van der Waals surface area (Å²) >= 11 is 0. The Kier molecular flexibility index (Phi) is 3.01. The van der Waals surface area contributed by atoms with Gasteiger partial charge in [0.1, 0.15) is 11.9 Å². The predicted molar refractivity (Wildman–Crippen MR) is 55.2 cm³/mol. The van der Waals surface area contributed by atoms with E-state index >= 15 is 0 Å². The van der Waals surface area contributed by atoms with Crippen molar-refractivity contribution in [3.8, 4) is 11.8 Å². The van der Waals surface area contributed by atoms with E-state index < -0.39 is 0 Å². The molecule has 0 atom stereocenters. The van der Waals surface area contributed by atoms with E-state index in [1.807, 2.05) is 13.8 Å². The lowest BCUT2D eigenvalue weighted by molar-refractivity contribution is 0.135. The molecular formula is C10H15N3O2. The largest absolute Gasteiger partial charge is 0.478 e. The van der Waals surface area contributed by atoms with Crippen molar-refractivity contribution >= 4 is 0 Å². The number of aromatic nitrogens is 2. The fraction of sp³-hybridized carbons (Fsp3) is 0.600. The molecule has 82 valence electrons. The molecular weight excluding hydrogens is 194 g/mol. The molecule has 2 rings (SSSR count). The first-order valence-electron chi connectivity index (χ1n) is 5.14. The van der Waals surface area contributed by atoms with Gasteiger partial charge in [0, 0.05) is 13.1 Å². The number of hydrogen-bond acceptors (Lipinski definition) is 5. The van der Waals surface area contributed by atoms with Crippen LogP contribution in [0.5, 0.6) is 11.8 Å². The Balaban J connectivity index is 2.07. The second-order valence-electron chi connectivity index (χ2n) is 3.42. The van der Waals surface area contributed by atoms with Crippen LogP contribution in [0.15, 0.2) is 6.07 Å². The first-order chi connectivity index (χ1) is 7.28.